The van der Waals surface area contributed by atoms with E-state index < -0.39 is 0 Å². The molecule has 1 aromatic rings. The van der Waals surface area contributed by atoms with Crippen molar-refractivity contribution in [3.8, 4) is 0 Å². The largest absolute Gasteiger partial charge is 0.355 e. The van der Waals surface area contributed by atoms with Crippen molar-refractivity contribution in [2.75, 3.05) is 6.54 Å². The van der Waals surface area contributed by atoms with Crippen molar-refractivity contribution < 1.29 is 4.79 Å². The Morgan fingerprint density at radius 3 is 2.76 bits per heavy atom. The van der Waals surface area contributed by atoms with Crippen LogP contribution in [0.3, 0.4) is 0 Å². The van der Waals surface area contributed by atoms with E-state index in [2.05, 4.69) is 15.3 Å². The van der Waals surface area contributed by atoms with E-state index >= 15 is 0 Å². The van der Waals surface area contributed by atoms with E-state index in [-0.39, 0.29) is 11.2 Å². The van der Waals surface area contributed by atoms with Crippen LogP contribution < -0.4 is 5.32 Å². The van der Waals surface area contributed by atoms with Crippen LogP contribution >= 0.6 is 11.8 Å². The fraction of sp³-hybridized carbons (Fsp3) is 0.583. The fourth-order valence-electron chi connectivity index (χ4n) is 1.37. The second kappa shape index (κ2) is 6.59. The Hall–Kier alpha value is -1.10. The second-order valence-electron chi connectivity index (χ2n) is 3.95. The summed E-state index contributed by atoms with van der Waals surface area (Å²) in [7, 11) is 0. The van der Waals surface area contributed by atoms with Crippen molar-refractivity contribution in [2.24, 2.45) is 0 Å². The molecule has 0 aromatic carbocycles. The molecule has 0 radical (unpaired) electrons. The average molecular weight is 253 g/mol. The standard InChI is InChI=1S/C12H19N3OS/c1-5-6-13-12(16)9(3)17-11-7-8(2)14-10(4)15-11/h7,9H,5-6H2,1-4H3,(H,13,16). The van der Waals surface area contributed by atoms with Gasteiger partial charge in [-0.25, -0.2) is 9.97 Å². The van der Waals surface area contributed by atoms with Gasteiger partial charge in [0.05, 0.1) is 5.25 Å². The van der Waals surface area contributed by atoms with E-state index in [1.807, 2.05) is 33.8 Å². The third kappa shape index (κ3) is 4.73. The number of carbonyl (C=O) groups is 1. The fourth-order valence-corrected chi connectivity index (χ4v) is 2.35. The van der Waals surface area contributed by atoms with Crippen LogP contribution in [0.15, 0.2) is 11.1 Å². The minimum absolute atomic E-state index is 0.0609. The van der Waals surface area contributed by atoms with Gasteiger partial charge in [-0.3, -0.25) is 4.79 Å². The molecule has 1 amide bonds. The van der Waals surface area contributed by atoms with E-state index in [4.69, 9.17) is 0 Å². The van der Waals surface area contributed by atoms with E-state index in [9.17, 15) is 4.79 Å². The maximum atomic E-state index is 11.7. The maximum absolute atomic E-state index is 11.7. The zero-order chi connectivity index (χ0) is 12.8. The first kappa shape index (κ1) is 14.0. The summed E-state index contributed by atoms with van der Waals surface area (Å²) < 4.78 is 0. The lowest BCUT2D eigenvalue weighted by Crippen LogP contribution is -2.31. The first-order valence-corrected chi connectivity index (χ1v) is 6.67. The first-order chi connectivity index (χ1) is 8.02. The van der Waals surface area contributed by atoms with E-state index in [1.54, 1.807) is 0 Å². The number of nitrogens with zero attached hydrogens (tertiary/aromatic N) is 2. The summed E-state index contributed by atoms with van der Waals surface area (Å²) in [6.07, 6.45) is 0.953. The Labute approximate surface area is 107 Å². The van der Waals surface area contributed by atoms with Crippen LogP contribution in [-0.4, -0.2) is 27.7 Å². The van der Waals surface area contributed by atoms with Gasteiger partial charge in [0, 0.05) is 12.2 Å². The number of rotatable bonds is 5. The molecular weight excluding hydrogens is 234 g/mol. The summed E-state index contributed by atoms with van der Waals surface area (Å²) in [4.78, 5) is 20.2. The van der Waals surface area contributed by atoms with Crippen LogP contribution in [0.2, 0.25) is 0 Å². The molecule has 17 heavy (non-hydrogen) atoms. The molecule has 1 N–H and O–H groups in total. The van der Waals surface area contributed by atoms with Crippen LogP contribution in [-0.2, 0) is 4.79 Å². The number of hydrogen-bond donors (Lipinski definition) is 1. The van der Waals surface area contributed by atoms with Crippen molar-refractivity contribution in [1.82, 2.24) is 15.3 Å². The van der Waals surface area contributed by atoms with Gasteiger partial charge in [-0.1, -0.05) is 18.7 Å². The SMILES string of the molecule is CCCNC(=O)C(C)Sc1cc(C)nc(C)n1. The van der Waals surface area contributed by atoms with Crippen LogP contribution in [0.1, 0.15) is 31.8 Å². The maximum Gasteiger partial charge on any atom is 0.233 e. The minimum atomic E-state index is -0.129. The monoisotopic (exact) mass is 253 g/mol. The number of hydrogen-bond acceptors (Lipinski definition) is 4. The number of thioether (sulfide) groups is 1. The summed E-state index contributed by atoms with van der Waals surface area (Å²) in [5.74, 6) is 0.805. The summed E-state index contributed by atoms with van der Waals surface area (Å²) in [5, 5.41) is 3.60. The highest BCUT2D eigenvalue weighted by molar-refractivity contribution is 8.00. The predicted octanol–water partition coefficient (Wildman–Crippen LogP) is 2.10. The van der Waals surface area contributed by atoms with Crippen molar-refractivity contribution in [3.63, 3.8) is 0 Å². The highest BCUT2D eigenvalue weighted by Gasteiger charge is 2.14. The Morgan fingerprint density at radius 1 is 1.47 bits per heavy atom. The molecule has 0 saturated heterocycles. The van der Waals surface area contributed by atoms with Crippen molar-refractivity contribution in [3.05, 3.63) is 17.6 Å². The molecule has 1 heterocycles. The molecule has 0 bridgehead atoms. The zero-order valence-corrected chi connectivity index (χ0v) is 11.6. The molecule has 0 saturated carbocycles. The molecule has 4 nitrogen and oxygen atoms in total. The zero-order valence-electron chi connectivity index (χ0n) is 10.8. The van der Waals surface area contributed by atoms with Gasteiger partial charge in [0.25, 0.3) is 0 Å². The highest BCUT2D eigenvalue weighted by Crippen LogP contribution is 2.21. The van der Waals surface area contributed by atoms with Gasteiger partial charge in [0.15, 0.2) is 0 Å². The molecule has 1 rings (SSSR count). The Kier molecular flexibility index (Phi) is 5.41. The smallest absolute Gasteiger partial charge is 0.233 e. The van der Waals surface area contributed by atoms with Gasteiger partial charge < -0.3 is 5.32 Å². The van der Waals surface area contributed by atoms with Gasteiger partial charge in [0.2, 0.25) is 5.91 Å². The van der Waals surface area contributed by atoms with E-state index in [0.29, 0.717) is 0 Å². The third-order valence-corrected chi connectivity index (χ3v) is 3.18. The van der Waals surface area contributed by atoms with Crippen molar-refractivity contribution >= 4 is 17.7 Å². The molecule has 5 heteroatoms. The molecule has 94 valence electrons. The lowest BCUT2D eigenvalue weighted by Gasteiger charge is -2.11. The lowest BCUT2D eigenvalue weighted by atomic mass is 10.4. The quantitative estimate of drug-likeness (QED) is 0.645. The summed E-state index contributed by atoms with van der Waals surface area (Å²) in [6, 6.07) is 1.90. The van der Waals surface area contributed by atoms with Crippen molar-refractivity contribution in [2.45, 2.75) is 44.4 Å². The molecule has 0 spiro atoms. The Bertz CT molecular complexity index is 375. The summed E-state index contributed by atoms with van der Waals surface area (Å²) in [6.45, 7) is 8.45. The van der Waals surface area contributed by atoms with Crippen LogP contribution in [0, 0.1) is 13.8 Å². The number of amides is 1. The van der Waals surface area contributed by atoms with Gasteiger partial charge in [-0.05, 0) is 33.3 Å². The van der Waals surface area contributed by atoms with Crippen molar-refractivity contribution in [1.29, 1.82) is 0 Å². The molecular formula is C12H19N3OS. The third-order valence-electron chi connectivity index (χ3n) is 2.16. The topological polar surface area (TPSA) is 54.9 Å². The number of nitrogens with one attached hydrogen (secondary N) is 1. The summed E-state index contributed by atoms with van der Waals surface area (Å²) >= 11 is 1.47. The van der Waals surface area contributed by atoms with E-state index in [0.717, 1.165) is 29.5 Å². The van der Waals surface area contributed by atoms with Crippen LogP contribution in [0.5, 0.6) is 0 Å². The molecule has 1 unspecified atom stereocenters. The number of aryl methyl sites for hydroxylation is 2. The summed E-state index contributed by atoms with van der Waals surface area (Å²) in [5.41, 5.74) is 0.932. The highest BCUT2D eigenvalue weighted by atomic mass is 32.2. The van der Waals surface area contributed by atoms with E-state index in [1.165, 1.54) is 11.8 Å². The van der Waals surface area contributed by atoms with Gasteiger partial charge in [0.1, 0.15) is 10.9 Å². The normalized spacial score (nSPS) is 12.2. The van der Waals surface area contributed by atoms with Crippen LogP contribution in [0.25, 0.3) is 0 Å². The average Bonchev–Trinajstić information content (AvgIpc) is 2.24. The molecule has 0 aliphatic carbocycles. The molecule has 0 aliphatic rings. The Balaban J connectivity index is 2.60. The number of aromatic nitrogens is 2. The molecule has 0 fully saturated rings. The van der Waals surface area contributed by atoms with Gasteiger partial charge in [-0.2, -0.15) is 0 Å². The first-order valence-electron chi connectivity index (χ1n) is 5.79. The minimum Gasteiger partial charge on any atom is -0.355 e. The second-order valence-corrected chi connectivity index (χ2v) is 5.31. The predicted molar refractivity (Wildman–Crippen MR) is 70.1 cm³/mol. The van der Waals surface area contributed by atoms with Gasteiger partial charge >= 0.3 is 0 Å². The Morgan fingerprint density at radius 2 is 2.18 bits per heavy atom. The molecule has 1 atom stereocenters. The molecule has 1 aromatic heterocycles. The molecule has 0 aliphatic heterocycles. The number of carbonyl (C=O) groups excluding carboxylic acids is 1. The van der Waals surface area contributed by atoms with Gasteiger partial charge in [-0.15, -0.1) is 0 Å². The lowest BCUT2D eigenvalue weighted by molar-refractivity contribution is -0.120. The van der Waals surface area contributed by atoms with Crippen LogP contribution in [0.4, 0.5) is 0 Å².